The van der Waals surface area contributed by atoms with Crippen LogP contribution in [0, 0.1) is 29.9 Å². The third-order valence-corrected chi connectivity index (χ3v) is 6.86. The maximum absolute atomic E-state index is 13.0. The Kier molecular flexibility index (Phi) is 6.76. The first-order chi connectivity index (χ1) is 15.8. The van der Waals surface area contributed by atoms with E-state index in [1.54, 1.807) is 30.7 Å². The number of nitro groups is 1. The van der Waals surface area contributed by atoms with Crippen molar-refractivity contribution in [2.45, 2.75) is 52.5 Å². The van der Waals surface area contributed by atoms with Gasteiger partial charge in [-0.1, -0.05) is 12.1 Å². The second-order valence-electron chi connectivity index (χ2n) is 9.08. The average molecular weight is 454 g/mol. The summed E-state index contributed by atoms with van der Waals surface area (Å²) in [4.78, 5) is 40.3. The third kappa shape index (κ3) is 4.91. The minimum atomic E-state index is -0.404. The molecule has 0 bridgehead atoms. The lowest BCUT2D eigenvalue weighted by molar-refractivity contribution is -0.386. The maximum Gasteiger partial charge on any atom is 0.312 e. The summed E-state index contributed by atoms with van der Waals surface area (Å²) in [6.07, 6.45) is 4.83. The molecular formula is C24H31N5O4. The van der Waals surface area contributed by atoms with E-state index in [4.69, 9.17) is 0 Å². The monoisotopic (exact) mass is 453 g/mol. The molecule has 0 aliphatic carbocycles. The predicted octanol–water partition coefficient (Wildman–Crippen LogP) is 3.32. The van der Waals surface area contributed by atoms with E-state index in [1.165, 1.54) is 6.42 Å². The van der Waals surface area contributed by atoms with Crippen LogP contribution >= 0.6 is 0 Å². The van der Waals surface area contributed by atoms with Crippen LogP contribution in [-0.2, 0) is 11.3 Å². The zero-order valence-electron chi connectivity index (χ0n) is 19.3. The van der Waals surface area contributed by atoms with Gasteiger partial charge in [0.25, 0.3) is 5.91 Å². The van der Waals surface area contributed by atoms with E-state index >= 15 is 0 Å². The highest BCUT2D eigenvalue weighted by Gasteiger charge is 2.31. The quantitative estimate of drug-likeness (QED) is 0.511. The molecule has 2 saturated heterocycles. The van der Waals surface area contributed by atoms with Gasteiger partial charge in [-0.2, -0.15) is 5.10 Å². The number of piperidine rings is 2. The van der Waals surface area contributed by atoms with Gasteiger partial charge in [0.05, 0.1) is 11.5 Å². The standard InChI is InChI=1S/C24H31N5O4/c1-17-22(29(32)33)18(2)28(25-17)16-19-6-8-20(9-7-19)23(30)27-14-10-21(11-15-27)24(31)26-12-4-3-5-13-26/h6-9,21H,3-5,10-16H2,1-2H3. The number of aromatic nitrogens is 2. The van der Waals surface area contributed by atoms with Crippen LogP contribution in [0.2, 0.25) is 0 Å². The zero-order chi connectivity index (χ0) is 23.5. The molecule has 33 heavy (non-hydrogen) atoms. The number of nitrogens with zero attached hydrogens (tertiary/aromatic N) is 5. The van der Waals surface area contributed by atoms with Crippen LogP contribution in [0.25, 0.3) is 0 Å². The molecule has 1 aromatic carbocycles. The SMILES string of the molecule is Cc1nn(Cc2ccc(C(=O)N3CCC(C(=O)N4CCCCC4)CC3)cc2)c(C)c1[N+](=O)[O-]. The van der Waals surface area contributed by atoms with Crippen molar-refractivity contribution >= 4 is 17.5 Å². The Morgan fingerprint density at radius 1 is 1.00 bits per heavy atom. The highest BCUT2D eigenvalue weighted by molar-refractivity contribution is 5.94. The number of hydrogen-bond acceptors (Lipinski definition) is 5. The van der Waals surface area contributed by atoms with E-state index in [1.807, 2.05) is 21.9 Å². The fourth-order valence-electron chi connectivity index (χ4n) is 4.92. The van der Waals surface area contributed by atoms with Gasteiger partial charge in [0.1, 0.15) is 11.4 Å². The van der Waals surface area contributed by atoms with Crippen molar-refractivity contribution in [3.8, 4) is 0 Å². The summed E-state index contributed by atoms with van der Waals surface area (Å²) in [6, 6.07) is 7.32. The molecule has 0 atom stereocenters. The molecule has 0 unspecified atom stereocenters. The molecule has 9 nitrogen and oxygen atoms in total. The Morgan fingerprint density at radius 3 is 2.21 bits per heavy atom. The first-order valence-corrected chi connectivity index (χ1v) is 11.7. The molecule has 0 saturated carbocycles. The topological polar surface area (TPSA) is 102 Å². The molecular weight excluding hydrogens is 422 g/mol. The van der Waals surface area contributed by atoms with Crippen LogP contribution in [0.15, 0.2) is 24.3 Å². The van der Waals surface area contributed by atoms with Gasteiger partial charge in [-0.05, 0) is 63.6 Å². The van der Waals surface area contributed by atoms with Crippen molar-refractivity contribution in [3.63, 3.8) is 0 Å². The number of likely N-dealkylation sites (tertiary alicyclic amines) is 2. The summed E-state index contributed by atoms with van der Waals surface area (Å²) >= 11 is 0. The highest BCUT2D eigenvalue weighted by atomic mass is 16.6. The van der Waals surface area contributed by atoms with E-state index in [0.717, 1.165) is 44.3 Å². The van der Waals surface area contributed by atoms with E-state index in [9.17, 15) is 19.7 Å². The van der Waals surface area contributed by atoms with Crippen molar-refractivity contribution in [3.05, 3.63) is 56.9 Å². The number of carbonyl (C=O) groups excluding carboxylic acids is 2. The molecule has 2 fully saturated rings. The zero-order valence-corrected chi connectivity index (χ0v) is 19.3. The van der Waals surface area contributed by atoms with Crippen molar-refractivity contribution in [1.29, 1.82) is 0 Å². The molecule has 3 heterocycles. The van der Waals surface area contributed by atoms with Gasteiger partial charge in [0.2, 0.25) is 5.91 Å². The molecule has 0 N–H and O–H groups in total. The minimum absolute atomic E-state index is 0.0211. The molecule has 2 aromatic rings. The Hall–Kier alpha value is -3.23. The molecule has 2 amide bonds. The van der Waals surface area contributed by atoms with Crippen molar-refractivity contribution < 1.29 is 14.5 Å². The molecule has 1 aromatic heterocycles. The van der Waals surface area contributed by atoms with Gasteiger partial charge < -0.3 is 9.80 Å². The summed E-state index contributed by atoms with van der Waals surface area (Å²) < 4.78 is 1.62. The van der Waals surface area contributed by atoms with Crippen LogP contribution in [0.3, 0.4) is 0 Å². The van der Waals surface area contributed by atoms with E-state index < -0.39 is 4.92 Å². The van der Waals surface area contributed by atoms with Crippen LogP contribution in [0.1, 0.15) is 59.4 Å². The van der Waals surface area contributed by atoms with Crippen LogP contribution < -0.4 is 0 Å². The Labute approximate surface area is 193 Å². The number of hydrogen-bond donors (Lipinski definition) is 0. The second-order valence-corrected chi connectivity index (χ2v) is 9.08. The fourth-order valence-corrected chi connectivity index (χ4v) is 4.92. The summed E-state index contributed by atoms with van der Waals surface area (Å²) in [5.74, 6) is 0.266. The van der Waals surface area contributed by atoms with E-state index in [2.05, 4.69) is 5.10 Å². The molecule has 176 valence electrons. The lowest BCUT2D eigenvalue weighted by atomic mass is 9.94. The Morgan fingerprint density at radius 2 is 1.64 bits per heavy atom. The average Bonchev–Trinajstić information content (AvgIpc) is 3.12. The van der Waals surface area contributed by atoms with E-state index in [-0.39, 0.29) is 23.4 Å². The van der Waals surface area contributed by atoms with Crippen LogP contribution in [0.5, 0.6) is 0 Å². The molecule has 2 aliphatic rings. The van der Waals surface area contributed by atoms with Gasteiger partial charge in [-0.3, -0.25) is 24.4 Å². The third-order valence-electron chi connectivity index (χ3n) is 6.86. The van der Waals surface area contributed by atoms with Crippen molar-refractivity contribution in [2.75, 3.05) is 26.2 Å². The smallest absolute Gasteiger partial charge is 0.312 e. The number of rotatable bonds is 5. The minimum Gasteiger partial charge on any atom is -0.342 e. The lowest BCUT2D eigenvalue weighted by Gasteiger charge is -2.35. The number of aryl methyl sites for hydroxylation is 1. The molecule has 4 rings (SSSR count). The van der Waals surface area contributed by atoms with Gasteiger partial charge in [-0.15, -0.1) is 0 Å². The van der Waals surface area contributed by atoms with Crippen LogP contribution in [-0.4, -0.2) is 62.5 Å². The lowest BCUT2D eigenvalue weighted by Crippen LogP contribution is -2.45. The van der Waals surface area contributed by atoms with Gasteiger partial charge in [0.15, 0.2) is 0 Å². The molecule has 0 radical (unpaired) electrons. The molecule has 9 heteroatoms. The molecule has 0 spiro atoms. The summed E-state index contributed by atoms with van der Waals surface area (Å²) in [5.41, 5.74) is 2.48. The maximum atomic E-state index is 13.0. The fraction of sp³-hybridized carbons (Fsp3) is 0.542. The van der Waals surface area contributed by atoms with Crippen LogP contribution in [0.4, 0.5) is 5.69 Å². The summed E-state index contributed by atoms with van der Waals surface area (Å²) in [6.45, 7) is 6.66. The number of carbonyl (C=O) groups is 2. The second kappa shape index (κ2) is 9.72. The molecule has 2 aliphatic heterocycles. The predicted molar refractivity (Wildman–Crippen MR) is 123 cm³/mol. The van der Waals surface area contributed by atoms with Gasteiger partial charge in [0, 0.05) is 37.7 Å². The first kappa shape index (κ1) is 22.9. The van der Waals surface area contributed by atoms with Gasteiger partial charge in [-0.25, -0.2) is 0 Å². The van der Waals surface area contributed by atoms with E-state index in [0.29, 0.717) is 36.6 Å². The highest BCUT2D eigenvalue weighted by Crippen LogP contribution is 2.24. The Bertz CT molecular complexity index is 1030. The van der Waals surface area contributed by atoms with Crippen molar-refractivity contribution in [2.24, 2.45) is 5.92 Å². The number of benzene rings is 1. The summed E-state index contributed by atoms with van der Waals surface area (Å²) in [7, 11) is 0. The normalized spacial score (nSPS) is 17.3. The summed E-state index contributed by atoms with van der Waals surface area (Å²) in [5, 5.41) is 15.5. The first-order valence-electron chi connectivity index (χ1n) is 11.7. The number of amides is 2. The van der Waals surface area contributed by atoms with Gasteiger partial charge >= 0.3 is 5.69 Å². The largest absolute Gasteiger partial charge is 0.342 e. The van der Waals surface area contributed by atoms with Crippen molar-refractivity contribution in [1.82, 2.24) is 19.6 Å². The Balaban J connectivity index is 1.34.